The smallest absolute Gasteiger partial charge is 0.191 e. The fourth-order valence-electron chi connectivity index (χ4n) is 3.35. The van der Waals surface area contributed by atoms with Gasteiger partial charge in [-0.1, -0.05) is 19.0 Å². The van der Waals surface area contributed by atoms with Gasteiger partial charge in [-0.2, -0.15) is 0 Å². The van der Waals surface area contributed by atoms with Gasteiger partial charge < -0.3 is 19.9 Å². The molecule has 0 amide bonds. The van der Waals surface area contributed by atoms with Crippen LogP contribution >= 0.6 is 24.0 Å². The maximum absolute atomic E-state index is 5.49. The molecule has 1 aliphatic rings. The maximum Gasteiger partial charge on any atom is 0.191 e. The van der Waals surface area contributed by atoms with Crippen LogP contribution in [0, 0.1) is 19.8 Å². The summed E-state index contributed by atoms with van der Waals surface area (Å²) in [6.07, 6.45) is 0.878. The van der Waals surface area contributed by atoms with Crippen LogP contribution in [0.1, 0.15) is 37.8 Å². The summed E-state index contributed by atoms with van der Waals surface area (Å²) in [5.41, 5.74) is 2.15. The highest BCUT2D eigenvalue weighted by atomic mass is 127. The number of nitrogens with one attached hydrogen (secondary N) is 2. The summed E-state index contributed by atoms with van der Waals surface area (Å²) in [5.74, 6) is 2.33. The first-order valence-electron chi connectivity index (χ1n) is 9.78. The molecule has 2 heterocycles. The van der Waals surface area contributed by atoms with Crippen LogP contribution in [0.2, 0.25) is 0 Å². The van der Waals surface area contributed by atoms with E-state index in [1.807, 2.05) is 13.8 Å². The van der Waals surface area contributed by atoms with Crippen molar-refractivity contribution in [3.8, 4) is 0 Å². The normalized spacial score (nSPS) is 16.9. The van der Waals surface area contributed by atoms with Crippen molar-refractivity contribution >= 4 is 29.9 Å². The summed E-state index contributed by atoms with van der Waals surface area (Å²) in [6, 6.07) is 0.442. The van der Waals surface area contributed by atoms with E-state index in [4.69, 9.17) is 14.3 Å². The highest BCUT2D eigenvalue weighted by Gasteiger charge is 2.23. The molecule has 2 rings (SSSR count). The minimum absolute atomic E-state index is 0. The zero-order valence-corrected chi connectivity index (χ0v) is 19.7. The molecule has 0 aliphatic carbocycles. The molecule has 0 radical (unpaired) electrons. The first-order chi connectivity index (χ1) is 12.5. The molecule has 8 heteroatoms. The van der Waals surface area contributed by atoms with E-state index in [1.165, 1.54) is 5.56 Å². The molecular formula is C19H36IN5O2. The molecule has 0 aromatic carbocycles. The zero-order valence-electron chi connectivity index (χ0n) is 17.4. The second kappa shape index (κ2) is 12.6. The van der Waals surface area contributed by atoms with E-state index in [-0.39, 0.29) is 24.0 Å². The largest absolute Gasteiger partial charge is 0.379 e. The number of aromatic nitrogens is 1. The number of halogens is 1. The Morgan fingerprint density at radius 3 is 2.48 bits per heavy atom. The van der Waals surface area contributed by atoms with E-state index >= 15 is 0 Å². The average molecular weight is 493 g/mol. The van der Waals surface area contributed by atoms with E-state index in [1.54, 1.807) is 0 Å². The molecule has 1 saturated heterocycles. The number of ether oxygens (including phenoxy) is 1. The van der Waals surface area contributed by atoms with Crippen molar-refractivity contribution in [1.29, 1.82) is 0 Å². The Morgan fingerprint density at radius 1 is 1.22 bits per heavy atom. The predicted octanol–water partition coefficient (Wildman–Crippen LogP) is 2.36. The second-order valence-electron chi connectivity index (χ2n) is 7.16. The molecule has 1 aromatic rings. The van der Waals surface area contributed by atoms with Crippen LogP contribution in [-0.4, -0.2) is 68.0 Å². The molecule has 27 heavy (non-hydrogen) atoms. The van der Waals surface area contributed by atoms with Crippen molar-refractivity contribution in [3.05, 3.63) is 17.0 Å². The summed E-state index contributed by atoms with van der Waals surface area (Å²) in [7, 11) is 0. The fraction of sp³-hybridized carbons (Fsp3) is 0.789. The molecule has 7 nitrogen and oxygen atoms in total. The van der Waals surface area contributed by atoms with Gasteiger partial charge in [0, 0.05) is 37.8 Å². The lowest BCUT2D eigenvalue weighted by molar-refractivity contribution is 0.00867. The first-order valence-corrected chi connectivity index (χ1v) is 9.78. The predicted molar refractivity (Wildman–Crippen MR) is 120 cm³/mol. The Kier molecular flexibility index (Phi) is 11.2. The summed E-state index contributed by atoms with van der Waals surface area (Å²) in [4.78, 5) is 7.35. The van der Waals surface area contributed by atoms with Gasteiger partial charge in [-0.15, -0.1) is 24.0 Å². The fourth-order valence-corrected chi connectivity index (χ4v) is 3.35. The standard InChI is InChI=1S/C19H35N5O2.HI/c1-6-20-19(21-8-7-17-15(4)23-26-16(17)5)22-13-18(14(2)3)24-9-11-25-12-10-24;/h14,18H,6-13H2,1-5H3,(H2,20,21,22);1H. The first kappa shape index (κ1) is 24.2. The van der Waals surface area contributed by atoms with Crippen LogP contribution in [0.5, 0.6) is 0 Å². The molecule has 0 spiro atoms. The van der Waals surface area contributed by atoms with Crippen molar-refractivity contribution in [3.63, 3.8) is 0 Å². The van der Waals surface area contributed by atoms with E-state index in [0.717, 1.165) is 69.8 Å². The lowest BCUT2D eigenvalue weighted by atomic mass is 10.0. The van der Waals surface area contributed by atoms with Crippen LogP contribution in [-0.2, 0) is 11.2 Å². The highest BCUT2D eigenvalue weighted by molar-refractivity contribution is 14.0. The third-order valence-electron chi connectivity index (χ3n) is 4.91. The number of hydrogen-bond donors (Lipinski definition) is 2. The van der Waals surface area contributed by atoms with Gasteiger partial charge in [-0.25, -0.2) is 0 Å². The van der Waals surface area contributed by atoms with Gasteiger partial charge >= 0.3 is 0 Å². The van der Waals surface area contributed by atoms with Crippen molar-refractivity contribution in [2.24, 2.45) is 10.9 Å². The van der Waals surface area contributed by atoms with Gasteiger partial charge in [0.25, 0.3) is 0 Å². The lowest BCUT2D eigenvalue weighted by Gasteiger charge is -2.36. The van der Waals surface area contributed by atoms with Gasteiger partial charge in [-0.3, -0.25) is 9.89 Å². The Bertz CT molecular complexity index is 551. The van der Waals surface area contributed by atoms with Gasteiger partial charge in [0.05, 0.1) is 25.5 Å². The van der Waals surface area contributed by atoms with Crippen molar-refractivity contribution < 1.29 is 9.26 Å². The molecule has 1 aliphatic heterocycles. The number of aliphatic imine (C=N–C) groups is 1. The monoisotopic (exact) mass is 493 g/mol. The number of aryl methyl sites for hydroxylation is 2. The van der Waals surface area contributed by atoms with Crippen LogP contribution in [0.15, 0.2) is 9.52 Å². The van der Waals surface area contributed by atoms with E-state index in [2.05, 4.69) is 41.5 Å². The summed E-state index contributed by atoms with van der Waals surface area (Å²) in [5, 5.41) is 10.8. The minimum Gasteiger partial charge on any atom is -0.379 e. The molecule has 0 saturated carbocycles. The van der Waals surface area contributed by atoms with Crippen molar-refractivity contribution in [2.75, 3.05) is 45.9 Å². The molecule has 1 atom stereocenters. The Morgan fingerprint density at radius 2 is 1.93 bits per heavy atom. The number of rotatable bonds is 8. The molecule has 156 valence electrons. The molecule has 0 bridgehead atoms. The number of nitrogens with zero attached hydrogens (tertiary/aromatic N) is 3. The third kappa shape index (κ3) is 7.57. The molecule has 1 fully saturated rings. The highest BCUT2D eigenvalue weighted by Crippen LogP contribution is 2.14. The minimum atomic E-state index is 0. The third-order valence-corrected chi connectivity index (χ3v) is 4.91. The molecule has 2 N–H and O–H groups in total. The van der Waals surface area contributed by atoms with Gasteiger partial charge in [-0.05, 0) is 33.1 Å². The quantitative estimate of drug-likeness (QED) is 0.329. The Hall–Kier alpha value is -0.870. The number of guanidine groups is 1. The summed E-state index contributed by atoms with van der Waals surface area (Å²) >= 11 is 0. The second-order valence-corrected chi connectivity index (χ2v) is 7.16. The average Bonchev–Trinajstić information content (AvgIpc) is 2.94. The van der Waals surface area contributed by atoms with E-state index in [9.17, 15) is 0 Å². The van der Waals surface area contributed by atoms with E-state index in [0.29, 0.717) is 12.0 Å². The summed E-state index contributed by atoms with van der Waals surface area (Å²) in [6.45, 7) is 16.7. The van der Waals surface area contributed by atoms with Crippen LogP contribution in [0.25, 0.3) is 0 Å². The topological polar surface area (TPSA) is 74.9 Å². The summed E-state index contributed by atoms with van der Waals surface area (Å²) < 4.78 is 10.7. The zero-order chi connectivity index (χ0) is 18.9. The lowest BCUT2D eigenvalue weighted by Crippen LogP contribution is -2.48. The van der Waals surface area contributed by atoms with Crippen molar-refractivity contribution in [2.45, 2.75) is 47.1 Å². The molecular weight excluding hydrogens is 457 g/mol. The Balaban J connectivity index is 0.00000364. The van der Waals surface area contributed by atoms with Gasteiger partial charge in [0.2, 0.25) is 0 Å². The van der Waals surface area contributed by atoms with Gasteiger partial charge in [0.15, 0.2) is 5.96 Å². The van der Waals surface area contributed by atoms with Crippen molar-refractivity contribution in [1.82, 2.24) is 20.7 Å². The van der Waals surface area contributed by atoms with Gasteiger partial charge in [0.1, 0.15) is 5.76 Å². The van der Waals surface area contributed by atoms with Crippen LogP contribution < -0.4 is 10.6 Å². The molecule has 1 aromatic heterocycles. The Labute approximate surface area is 180 Å². The van der Waals surface area contributed by atoms with Crippen LogP contribution in [0.4, 0.5) is 0 Å². The number of morpholine rings is 1. The van der Waals surface area contributed by atoms with Crippen LogP contribution in [0.3, 0.4) is 0 Å². The SMILES string of the molecule is CCNC(=NCC(C(C)C)N1CCOCC1)NCCc1c(C)noc1C.I. The number of hydrogen-bond acceptors (Lipinski definition) is 5. The van der Waals surface area contributed by atoms with E-state index < -0.39 is 0 Å². The maximum atomic E-state index is 5.49. The molecule has 1 unspecified atom stereocenters.